The van der Waals surface area contributed by atoms with Crippen LogP contribution >= 0.6 is 0 Å². The van der Waals surface area contributed by atoms with Crippen molar-refractivity contribution in [2.24, 2.45) is 23.7 Å². The van der Waals surface area contributed by atoms with Gasteiger partial charge in [-0.15, -0.1) is 5.10 Å². The highest BCUT2D eigenvalue weighted by Crippen LogP contribution is 2.59. The highest BCUT2D eigenvalue weighted by atomic mass is 16.2. The SMILES string of the molecule is C=Cn1nc(C2C3CC4CC(C3)CC2C4)n(N)c1=O. The summed E-state index contributed by atoms with van der Waals surface area (Å²) in [4.78, 5) is 11.9. The number of nitrogen functional groups attached to an aromatic ring is 1. The molecule has 4 bridgehead atoms. The molecule has 1 aromatic rings. The Hall–Kier alpha value is -1.52. The van der Waals surface area contributed by atoms with Gasteiger partial charge in [-0.1, -0.05) is 6.58 Å². The zero-order valence-electron chi connectivity index (χ0n) is 11.0. The molecule has 1 heterocycles. The molecule has 5 heteroatoms. The normalized spacial score (nSPS) is 39.7. The minimum Gasteiger partial charge on any atom is -0.333 e. The minimum absolute atomic E-state index is 0.279. The van der Waals surface area contributed by atoms with Crippen molar-refractivity contribution in [1.82, 2.24) is 14.5 Å². The second-order valence-corrected chi connectivity index (χ2v) is 6.59. The zero-order chi connectivity index (χ0) is 13.1. The minimum atomic E-state index is -0.279. The standard InChI is InChI=1S/C14H20N4O/c1-2-17-14(19)18(15)13(16-17)12-10-4-8-3-9(6-10)7-11(12)5-8/h2,8-12H,1,3-7,15H2. The zero-order valence-corrected chi connectivity index (χ0v) is 11.0. The van der Waals surface area contributed by atoms with Crippen LogP contribution in [0.1, 0.15) is 43.8 Å². The molecule has 2 N–H and O–H groups in total. The van der Waals surface area contributed by atoms with E-state index in [9.17, 15) is 4.79 Å². The van der Waals surface area contributed by atoms with Crippen LogP contribution in [-0.4, -0.2) is 14.5 Å². The van der Waals surface area contributed by atoms with Gasteiger partial charge < -0.3 is 5.84 Å². The lowest BCUT2D eigenvalue weighted by Crippen LogP contribution is -2.45. The Morgan fingerprint density at radius 3 is 2.21 bits per heavy atom. The third kappa shape index (κ3) is 1.47. The van der Waals surface area contributed by atoms with Crippen LogP contribution in [0, 0.1) is 23.7 Å². The van der Waals surface area contributed by atoms with E-state index in [1.54, 1.807) is 0 Å². The molecule has 4 fully saturated rings. The van der Waals surface area contributed by atoms with Gasteiger partial charge in [-0.2, -0.15) is 9.36 Å². The maximum absolute atomic E-state index is 11.9. The lowest BCUT2D eigenvalue weighted by atomic mass is 9.52. The Bertz CT molecular complexity index is 557. The number of rotatable bonds is 2. The number of nitrogens with zero attached hydrogens (tertiary/aromatic N) is 3. The smallest absolute Gasteiger partial charge is 0.333 e. The molecule has 0 saturated heterocycles. The first-order valence-corrected chi connectivity index (χ1v) is 7.26. The summed E-state index contributed by atoms with van der Waals surface area (Å²) in [7, 11) is 0. The summed E-state index contributed by atoms with van der Waals surface area (Å²) in [5.41, 5.74) is -0.279. The van der Waals surface area contributed by atoms with Gasteiger partial charge in [-0.3, -0.25) is 0 Å². The Morgan fingerprint density at radius 2 is 1.74 bits per heavy atom. The van der Waals surface area contributed by atoms with E-state index in [1.165, 1.54) is 47.7 Å². The van der Waals surface area contributed by atoms with Crippen molar-refractivity contribution < 1.29 is 0 Å². The predicted molar refractivity (Wildman–Crippen MR) is 72.8 cm³/mol. The van der Waals surface area contributed by atoms with E-state index in [-0.39, 0.29) is 5.69 Å². The predicted octanol–water partition coefficient (Wildman–Crippen LogP) is 1.40. The van der Waals surface area contributed by atoms with E-state index in [1.807, 2.05) is 0 Å². The van der Waals surface area contributed by atoms with E-state index in [0.717, 1.165) is 17.7 Å². The van der Waals surface area contributed by atoms with Gasteiger partial charge in [0.05, 0.1) is 0 Å². The first-order valence-electron chi connectivity index (χ1n) is 7.26. The third-order valence-corrected chi connectivity index (χ3v) is 5.56. The molecule has 0 aromatic carbocycles. The molecule has 19 heavy (non-hydrogen) atoms. The van der Waals surface area contributed by atoms with Gasteiger partial charge in [0, 0.05) is 12.1 Å². The number of aromatic nitrogens is 3. The largest absolute Gasteiger partial charge is 0.368 e. The molecule has 4 aliphatic rings. The van der Waals surface area contributed by atoms with E-state index >= 15 is 0 Å². The van der Waals surface area contributed by atoms with E-state index in [2.05, 4.69) is 11.7 Å². The van der Waals surface area contributed by atoms with E-state index in [0.29, 0.717) is 17.8 Å². The molecule has 5 rings (SSSR count). The van der Waals surface area contributed by atoms with Gasteiger partial charge in [0.15, 0.2) is 5.82 Å². The fourth-order valence-electron chi connectivity index (χ4n) is 5.10. The second kappa shape index (κ2) is 3.74. The molecule has 0 radical (unpaired) electrons. The summed E-state index contributed by atoms with van der Waals surface area (Å²) in [6.07, 6.45) is 8.06. The third-order valence-electron chi connectivity index (χ3n) is 5.56. The van der Waals surface area contributed by atoms with Crippen LogP contribution < -0.4 is 11.5 Å². The van der Waals surface area contributed by atoms with Crippen LogP contribution in [0.25, 0.3) is 6.20 Å². The topological polar surface area (TPSA) is 65.8 Å². The molecule has 102 valence electrons. The van der Waals surface area contributed by atoms with Gasteiger partial charge in [-0.05, 0) is 55.8 Å². The Labute approximate surface area is 112 Å². The van der Waals surface area contributed by atoms with Crippen LogP contribution in [0.5, 0.6) is 0 Å². The molecule has 5 nitrogen and oxygen atoms in total. The average Bonchev–Trinajstić information content (AvgIpc) is 2.66. The summed E-state index contributed by atoms with van der Waals surface area (Å²) >= 11 is 0. The van der Waals surface area contributed by atoms with Crippen molar-refractivity contribution in [3.05, 3.63) is 22.9 Å². The quantitative estimate of drug-likeness (QED) is 0.817. The molecule has 0 aliphatic heterocycles. The summed E-state index contributed by atoms with van der Waals surface area (Å²) in [5.74, 6) is 10.3. The van der Waals surface area contributed by atoms with Crippen molar-refractivity contribution in [2.75, 3.05) is 5.84 Å². The molecule has 0 amide bonds. The second-order valence-electron chi connectivity index (χ2n) is 6.59. The summed E-state index contributed by atoms with van der Waals surface area (Å²) < 4.78 is 2.51. The maximum atomic E-state index is 11.9. The van der Waals surface area contributed by atoms with E-state index < -0.39 is 0 Å². The molecular formula is C14H20N4O. The van der Waals surface area contributed by atoms with Crippen LogP contribution in [0.2, 0.25) is 0 Å². The highest BCUT2D eigenvalue weighted by Gasteiger charge is 2.50. The molecular weight excluding hydrogens is 240 g/mol. The molecule has 4 saturated carbocycles. The highest BCUT2D eigenvalue weighted by molar-refractivity contribution is 5.17. The van der Waals surface area contributed by atoms with Gasteiger partial charge in [0.2, 0.25) is 0 Å². The van der Waals surface area contributed by atoms with Crippen molar-refractivity contribution in [3.8, 4) is 0 Å². The van der Waals surface area contributed by atoms with Crippen LogP contribution in [0.15, 0.2) is 11.4 Å². The van der Waals surface area contributed by atoms with Gasteiger partial charge in [-0.25, -0.2) is 4.79 Å². The first-order chi connectivity index (χ1) is 9.17. The number of hydrogen-bond acceptors (Lipinski definition) is 3. The van der Waals surface area contributed by atoms with Crippen molar-refractivity contribution in [3.63, 3.8) is 0 Å². The summed E-state index contributed by atoms with van der Waals surface area (Å²) in [6.45, 7) is 3.61. The monoisotopic (exact) mass is 260 g/mol. The average molecular weight is 260 g/mol. The van der Waals surface area contributed by atoms with Crippen LogP contribution in [0.4, 0.5) is 0 Å². The fourth-order valence-corrected chi connectivity index (χ4v) is 5.10. The summed E-state index contributed by atoms with van der Waals surface area (Å²) in [6, 6.07) is 0. The molecule has 4 aliphatic carbocycles. The van der Waals surface area contributed by atoms with Gasteiger partial charge in [0.1, 0.15) is 0 Å². The lowest BCUT2D eigenvalue weighted by Gasteiger charge is -2.53. The Kier molecular flexibility index (Phi) is 2.23. The van der Waals surface area contributed by atoms with Crippen molar-refractivity contribution >= 4 is 6.20 Å². The Balaban J connectivity index is 1.77. The Morgan fingerprint density at radius 1 is 1.16 bits per heavy atom. The van der Waals surface area contributed by atoms with Crippen molar-refractivity contribution in [2.45, 2.75) is 38.0 Å². The first kappa shape index (κ1) is 11.3. The van der Waals surface area contributed by atoms with Gasteiger partial charge in [0.25, 0.3) is 0 Å². The molecule has 0 spiro atoms. The fraction of sp³-hybridized carbons (Fsp3) is 0.714. The summed E-state index contributed by atoms with van der Waals surface area (Å²) in [5, 5.41) is 4.40. The van der Waals surface area contributed by atoms with Crippen molar-refractivity contribution in [1.29, 1.82) is 0 Å². The number of nitrogens with two attached hydrogens (primary N) is 1. The maximum Gasteiger partial charge on any atom is 0.368 e. The number of hydrogen-bond donors (Lipinski definition) is 1. The molecule has 1 aromatic heterocycles. The van der Waals surface area contributed by atoms with E-state index in [4.69, 9.17) is 5.84 Å². The molecule has 0 atom stereocenters. The van der Waals surface area contributed by atoms with Crippen LogP contribution in [-0.2, 0) is 0 Å². The molecule has 0 unspecified atom stereocenters. The van der Waals surface area contributed by atoms with Gasteiger partial charge >= 0.3 is 5.69 Å². The lowest BCUT2D eigenvalue weighted by molar-refractivity contribution is -0.00650. The van der Waals surface area contributed by atoms with Crippen LogP contribution in [0.3, 0.4) is 0 Å².